The van der Waals surface area contributed by atoms with Crippen molar-refractivity contribution in [2.45, 2.75) is 38.8 Å². The lowest BCUT2D eigenvalue weighted by molar-refractivity contribution is 0.0732. The van der Waals surface area contributed by atoms with Gasteiger partial charge in [-0.2, -0.15) is 0 Å². The molecule has 1 heterocycles. The number of benzene rings is 1. The lowest BCUT2D eigenvalue weighted by Gasteiger charge is -2.23. The van der Waals surface area contributed by atoms with Crippen LogP contribution in [0.15, 0.2) is 24.3 Å². The zero-order chi connectivity index (χ0) is 13.5. The van der Waals surface area contributed by atoms with Crippen molar-refractivity contribution in [2.24, 2.45) is 0 Å². The SMILES string of the molecule is CCc1ccccc1CNC(=O)N[C@H]1CCCOC1. The van der Waals surface area contributed by atoms with Crippen molar-refractivity contribution < 1.29 is 9.53 Å². The molecular formula is C15H22N2O2. The normalized spacial score (nSPS) is 18.9. The number of hydrogen-bond donors (Lipinski definition) is 2. The second-order valence-electron chi connectivity index (χ2n) is 4.86. The fourth-order valence-corrected chi connectivity index (χ4v) is 2.34. The Kier molecular flexibility index (Phi) is 5.21. The molecule has 2 rings (SSSR count). The Labute approximate surface area is 114 Å². The third-order valence-corrected chi connectivity index (χ3v) is 3.43. The van der Waals surface area contributed by atoms with Crippen LogP contribution < -0.4 is 10.6 Å². The van der Waals surface area contributed by atoms with Gasteiger partial charge in [-0.25, -0.2) is 4.79 Å². The topological polar surface area (TPSA) is 50.4 Å². The average Bonchev–Trinajstić information content (AvgIpc) is 2.46. The average molecular weight is 262 g/mol. The minimum atomic E-state index is -0.110. The molecule has 2 amide bonds. The van der Waals surface area contributed by atoms with E-state index >= 15 is 0 Å². The third kappa shape index (κ3) is 4.24. The van der Waals surface area contributed by atoms with Crippen LogP contribution in [-0.2, 0) is 17.7 Å². The summed E-state index contributed by atoms with van der Waals surface area (Å²) < 4.78 is 5.34. The van der Waals surface area contributed by atoms with E-state index in [2.05, 4.69) is 29.7 Å². The van der Waals surface area contributed by atoms with Crippen LogP contribution in [0.3, 0.4) is 0 Å². The van der Waals surface area contributed by atoms with Crippen molar-refractivity contribution in [1.29, 1.82) is 0 Å². The van der Waals surface area contributed by atoms with E-state index in [1.54, 1.807) is 0 Å². The van der Waals surface area contributed by atoms with E-state index in [0.29, 0.717) is 13.2 Å². The second-order valence-corrected chi connectivity index (χ2v) is 4.86. The summed E-state index contributed by atoms with van der Waals surface area (Å²) in [6.45, 7) is 4.13. The quantitative estimate of drug-likeness (QED) is 0.874. The summed E-state index contributed by atoms with van der Waals surface area (Å²) in [7, 11) is 0. The maximum absolute atomic E-state index is 11.8. The molecule has 1 atom stereocenters. The van der Waals surface area contributed by atoms with Gasteiger partial charge in [0.1, 0.15) is 0 Å². The molecule has 0 aromatic heterocycles. The largest absolute Gasteiger partial charge is 0.379 e. The summed E-state index contributed by atoms with van der Waals surface area (Å²) in [6, 6.07) is 8.23. The maximum atomic E-state index is 11.8. The van der Waals surface area contributed by atoms with Gasteiger partial charge in [0.2, 0.25) is 0 Å². The van der Waals surface area contributed by atoms with E-state index in [0.717, 1.165) is 25.9 Å². The molecular weight excluding hydrogens is 240 g/mol. The van der Waals surface area contributed by atoms with E-state index < -0.39 is 0 Å². The zero-order valence-corrected chi connectivity index (χ0v) is 11.4. The minimum Gasteiger partial charge on any atom is -0.379 e. The lowest BCUT2D eigenvalue weighted by Crippen LogP contribution is -2.45. The maximum Gasteiger partial charge on any atom is 0.315 e. The van der Waals surface area contributed by atoms with Gasteiger partial charge in [0.15, 0.2) is 0 Å². The van der Waals surface area contributed by atoms with E-state index in [1.165, 1.54) is 11.1 Å². The molecule has 0 unspecified atom stereocenters. The summed E-state index contributed by atoms with van der Waals surface area (Å²) in [6.07, 6.45) is 3.00. The predicted molar refractivity (Wildman–Crippen MR) is 75.0 cm³/mol. The van der Waals surface area contributed by atoms with Gasteiger partial charge < -0.3 is 15.4 Å². The van der Waals surface area contributed by atoms with Gasteiger partial charge in [-0.1, -0.05) is 31.2 Å². The molecule has 19 heavy (non-hydrogen) atoms. The Morgan fingerprint density at radius 2 is 2.16 bits per heavy atom. The number of rotatable bonds is 4. The number of amides is 2. The van der Waals surface area contributed by atoms with Crippen LogP contribution in [0.25, 0.3) is 0 Å². The molecule has 0 bridgehead atoms. The first-order valence-electron chi connectivity index (χ1n) is 6.98. The number of carbonyl (C=O) groups excluding carboxylic acids is 1. The fourth-order valence-electron chi connectivity index (χ4n) is 2.34. The fraction of sp³-hybridized carbons (Fsp3) is 0.533. The summed E-state index contributed by atoms with van der Waals surface area (Å²) in [5.74, 6) is 0. The highest BCUT2D eigenvalue weighted by Crippen LogP contribution is 2.09. The lowest BCUT2D eigenvalue weighted by atomic mass is 10.1. The molecule has 4 nitrogen and oxygen atoms in total. The van der Waals surface area contributed by atoms with Crippen molar-refractivity contribution in [1.82, 2.24) is 10.6 Å². The van der Waals surface area contributed by atoms with Gasteiger partial charge in [-0.15, -0.1) is 0 Å². The predicted octanol–water partition coefficient (Wildman–Crippen LogP) is 2.23. The molecule has 0 aliphatic carbocycles. The minimum absolute atomic E-state index is 0.110. The Morgan fingerprint density at radius 1 is 1.37 bits per heavy atom. The Morgan fingerprint density at radius 3 is 2.84 bits per heavy atom. The van der Waals surface area contributed by atoms with Gasteiger partial charge >= 0.3 is 6.03 Å². The van der Waals surface area contributed by atoms with Gasteiger partial charge in [-0.05, 0) is 30.4 Å². The smallest absolute Gasteiger partial charge is 0.315 e. The highest BCUT2D eigenvalue weighted by molar-refractivity contribution is 5.74. The Hall–Kier alpha value is -1.55. The van der Waals surface area contributed by atoms with Gasteiger partial charge in [-0.3, -0.25) is 0 Å². The molecule has 1 saturated heterocycles. The van der Waals surface area contributed by atoms with Crippen LogP contribution >= 0.6 is 0 Å². The van der Waals surface area contributed by atoms with E-state index in [9.17, 15) is 4.79 Å². The number of ether oxygens (including phenoxy) is 1. The van der Waals surface area contributed by atoms with Crippen LogP contribution in [0.2, 0.25) is 0 Å². The van der Waals surface area contributed by atoms with Crippen molar-refractivity contribution in [3.8, 4) is 0 Å². The van der Waals surface area contributed by atoms with Crippen LogP contribution in [0.5, 0.6) is 0 Å². The van der Waals surface area contributed by atoms with E-state index in [-0.39, 0.29) is 12.1 Å². The first-order valence-corrected chi connectivity index (χ1v) is 6.98. The van der Waals surface area contributed by atoms with Crippen LogP contribution in [-0.4, -0.2) is 25.3 Å². The first-order chi connectivity index (χ1) is 9.29. The number of carbonyl (C=O) groups is 1. The molecule has 2 N–H and O–H groups in total. The summed E-state index contributed by atoms with van der Waals surface area (Å²) in [5, 5.41) is 5.87. The molecule has 1 aliphatic rings. The van der Waals surface area contributed by atoms with Crippen LogP contribution in [0, 0.1) is 0 Å². The Balaban J connectivity index is 1.79. The van der Waals surface area contributed by atoms with E-state index in [4.69, 9.17) is 4.74 Å². The molecule has 1 aromatic rings. The number of urea groups is 1. The van der Waals surface area contributed by atoms with Crippen molar-refractivity contribution >= 4 is 6.03 Å². The van der Waals surface area contributed by atoms with Crippen LogP contribution in [0.4, 0.5) is 4.79 Å². The van der Waals surface area contributed by atoms with Gasteiger partial charge in [0.25, 0.3) is 0 Å². The zero-order valence-electron chi connectivity index (χ0n) is 11.4. The number of aryl methyl sites for hydroxylation is 1. The molecule has 4 heteroatoms. The molecule has 1 fully saturated rings. The monoisotopic (exact) mass is 262 g/mol. The van der Waals surface area contributed by atoms with E-state index in [1.807, 2.05) is 12.1 Å². The summed E-state index contributed by atoms with van der Waals surface area (Å²) >= 11 is 0. The summed E-state index contributed by atoms with van der Waals surface area (Å²) in [5.41, 5.74) is 2.46. The Bertz CT molecular complexity index is 414. The van der Waals surface area contributed by atoms with Gasteiger partial charge in [0.05, 0.1) is 12.6 Å². The molecule has 0 radical (unpaired) electrons. The third-order valence-electron chi connectivity index (χ3n) is 3.43. The highest BCUT2D eigenvalue weighted by atomic mass is 16.5. The second kappa shape index (κ2) is 7.14. The standard InChI is InChI=1S/C15H22N2O2/c1-2-12-6-3-4-7-13(12)10-16-15(18)17-14-8-5-9-19-11-14/h3-4,6-7,14H,2,5,8-11H2,1H3,(H2,16,17,18)/t14-/m0/s1. The van der Waals surface area contributed by atoms with Crippen molar-refractivity contribution in [3.05, 3.63) is 35.4 Å². The van der Waals surface area contributed by atoms with Gasteiger partial charge in [0, 0.05) is 13.2 Å². The molecule has 104 valence electrons. The first kappa shape index (κ1) is 13.9. The molecule has 0 spiro atoms. The molecule has 1 aromatic carbocycles. The molecule has 1 aliphatic heterocycles. The number of nitrogens with one attached hydrogen (secondary N) is 2. The van der Waals surface area contributed by atoms with Crippen molar-refractivity contribution in [2.75, 3.05) is 13.2 Å². The van der Waals surface area contributed by atoms with Crippen molar-refractivity contribution in [3.63, 3.8) is 0 Å². The molecule has 0 saturated carbocycles. The summed E-state index contributed by atoms with van der Waals surface area (Å²) in [4.78, 5) is 11.8. The van der Waals surface area contributed by atoms with Crippen LogP contribution in [0.1, 0.15) is 30.9 Å². The number of hydrogen-bond acceptors (Lipinski definition) is 2. The highest BCUT2D eigenvalue weighted by Gasteiger charge is 2.15.